The Morgan fingerprint density at radius 3 is 2.62 bits per heavy atom. The van der Waals surface area contributed by atoms with Gasteiger partial charge in [-0.2, -0.15) is 9.94 Å². The van der Waals surface area contributed by atoms with Gasteiger partial charge in [-0.1, -0.05) is 18.2 Å². The second-order valence-corrected chi connectivity index (χ2v) is 4.96. The summed E-state index contributed by atoms with van der Waals surface area (Å²) in [6.45, 7) is 1.97. The number of tetrazole rings is 1. The monoisotopic (exact) mass is 323 g/mol. The van der Waals surface area contributed by atoms with E-state index in [-0.39, 0.29) is 12.1 Å². The number of nitriles is 1. The largest absolute Gasteiger partial charge is 0.331 e. The molecule has 0 aliphatic heterocycles. The van der Waals surface area contributed by atoms with Gasteiger partial charge in [-0.3, -0.25) is 13.9 Å². The molecule has 0 amide bonds. The molecule has 0 aliphatic rings. The first-order chi connectivity index (χ1) is 11.7. The van der Waals surface area contributed by atoms with Crippen LogP contribution >= 0.6 is 0 Å². The third-order valence-electron chi connectivity index (χ3n) is 3.53. The number of aryl methyl sites for hydroxylation is 1. The first-order valence-corrected chi connectivity index (χ1v) is 7.22. The van der Waals surface area contributed by atoms with E-state index >= 15 is 0 Å². The minimum Gasteiger partial charge on any atom is -0.299 e. The average Bonchev–Trinajstić information content (AvgIpc) is 3.08. The number of hydrogen-bond acceptors (Lipinski definition) is 6. The molecule has 3 aromatic rings. The summed E-state index contributed by atoms with van der Waals surface area (Å²) in [5.74, 6) is 0.318. The summed E-state index contributed by atoms with van der Waals surface area (Å²) in [5, 5.41) is 20.5. The van der Waals surface area contributed by atoms with E-state index in [0.717, 1.165) is 4.57 Å². The van der Waals surface area contributed by atoms with E-state index in [9.17, 15) is 9.59 Å². The lowest BCUT2D eigenvalue weighted by atomic mass is 10.3. The molecule has 9 heteroatoms. The second-order valence-electron chi connectivity index (χ2n) is 4.96. The molecule has 0 saturated carbocycles. The highest BCUT2D eigenvalue weighted by molar-refractivity contribution is 5.30. The third-order valence-corrected chi connectivity index (χ3v) is 3.53. The molecular formula is C15H13N7O2. The molecule has 0 saturated heterocycles. The smallest absolute Gasteiger partial charge is 0.299 e. The molecule has 3 rings (SSSR count). The topological polar surface area (TPSA) is 111 Å². The van der Waals surface area contributed by atoms with E-state index in [0.29, 0.717) is 18.1 Å². The number of hydrogen-bond donors (Lipinski definition) is 0. The predicted molar refractivity (Wildman–Crippen MR) is 83.6 cm³/mol. The molecule has 2 aromatic heterocycles. The van der Waals surface area contributed by atoms with Crippen LogP contribution in [-0.2, 0) is 13.1 Å². The van der Waals surface area contributed by atoms with Crippen LogP contribution in [0.3, 0.4) is 0 Å². The van der Waals surface area contributed by atoms with Gasteiger partial charge >= 0.3 is 5.69 Å². The molecule has 0 N–H and O–H groups in total. The van der Waals surface area contributed by atoms with E-state index in [1.807, 2.05) is 24.3 Å². The molecule has 0 spiro atoms. The van der Waals surface area contributed by atoms with Crippen molar-refractivity contribution in [3.8, 4) is 11.8 Å². The molecule has 0 aliphatic carbocycles. The Morgan fingerprint density at radius 1 is 1.21 bits per heavy atom. The van der Waals surface area contributed by atoms with Gasteiger partial charge in [0, 0.05) is 12.7 Å². The number of benzene rings is 1. The zero-order valence-corrected chi connectivity index (χ0v) is 12.8. The number of para-hydroxylation sites is 1. The van der Waals surface area contributed by atoms with E-state index in [2.05, 4.69) is 15.5 Å². The molecule has 0 radical (unpaired) electrons. The normalized spacial score (nSPS) is 10.5. The summed E-state index contributed by atoms with van der Waals surface area (Å²) in [4.78, 5) is 24.7. The molecule has 0 unspecified atom stereocenters. The summed E-state index contributed by atoms with van der Waals surface area (Å²) >= 11 is 0. The van der Waals surface area contributed by atoms with Crippen LogP contribution in [0.5, 0.6) is 0 Å². The van der Waals surface area contributed by atoms with Crippen LogP contribution in [0.4, 0.5) is 0 Å². The zero-order valence-electron chi connectivity index (χ0n) is 12.8. The Balaban J connectivity index is 2.12. The minimum atomic E-state index is -0.658. The van der Waals surface area contributed by atoms with Crippen LogP contribution < -0.4 is 11.2 Å². The Labute approximate surface area is 136 Å². The van der Waals surface area contributed by atoms with Crippen LogP contribution in [0.25, 0.3) is 5.69 Å². The summed E-state index contributed by atoms with van der Waals surface area (Å²) in [6, 6.07) is 10.9. The fraction of sp³-hybridized carbons (Fsp3) is 0.200. The van der Waals surface area contributed by atoms with Crippen LogP contribution in [0.1, 0.15) is 18.3 Å². The van der Waals surface area contributed by atoms with Gasteiger partial charge < -0.3 is 0 Å². The molecule has 1 aromatic carbocycles. The van der Waals surface area contributed by atoms with E-state index in [4.69, 9.17) is 5.26 Å². The van der Waals surface area contributed by atoms with Crippen LogP contribution in [-0.4, -0.2) is 29.3 Å². The van der Waals surface area contributed by atoms with Crippen LogP contribution in [0, 0.1) is 11.3 Å². The molecule has 0 bridgehead atoms. The van der Waals surface area contributed by atoms with Gasteiger partial charge in [0.2, 0.25) is 0 Å². The molecule has 2 heterocycles. The van der Waals surface area contributed by atoms with Crippen LogP contribution in [0.2, 0.25) is 0 Å². The Bertz CT molecular complexity index is 1020. The maximum Gasteiger partial charge on any atom is 0.331 e. The first-order valence-electron chi connectivity index (χ1n) is 7.22. The van der Waals surface area contributed by atoms with Gasteiger partial charge in [0.15, 0.2) is 5.82 Å². The highest BCUT2D eigenvalue weighted by atomic mass is 16.2. The van der Waals surface area contributed by atoms with Gasteiger partial charge in [0.1, 0.15) is 11.6 Å². The summed E-state index contributed by atoms with van der Waals surface area (Å²) in [7, 11) is 0. The lowest BCUT2D eigenvalue weighted by Gasteiger charge is -2.09. The van der Waals surface area contributed by atoms with Crippen molar-refractivity contribution in [2.45, 2.75) is 20.0 Å². The van der Waals surface area contributed by atoms with Crippen molar-refractivity contribution >= 4 is 0 Å². The average molecular weight is 323 g/mol. The van der Waals surface area contributed by atoms with Crippen molar-refractivity contribution in [1.29, 1.82) is 5.26 Å². The highest BCUT2D eigenvalue weighted by Gasteiger charge is 2.15. The van der Waals surface area contributed by atoms with E-state index < -0.39 is 11.2 Å². The van der Waals surface area contributed by atoms with Crippen molar-refractivity contribution in [2.24, 2.45) is 0 Å². The maximum atomic E-state index is 12.4. The molecule has 0 fully saturated rings. The SMILES string of the molecule is CCn1cc(C#N)c(=O)n(Cc2nnnn2-c2ccccc2)c1=O. The van der Waals surface area contributed by atoms with Crippen molar-refractivity contribution in [3.05, 3.63) is 68.8 Å². The van der Waals surface area contributed by atoms with Crippen molar-refractivity contribution < 1.29 is 0 Å². The molecule has 24 heavy (non-hydrogen) atoms. The lowest BCUT2D eigenvalue weighted by molar-refractivity contribution is 0.577. The van der Waals surface area contributed by atoms with Crippen molar-refractivity contribution in [1.82, 2.24) is 29.3 Å². The van der Waals surface area contributed by atoms with Crippen molar-refractivity contribution in [3.63, 3.8) is 0 Å². The fourth-order valence-electron chi connectivity index (χ4n) is 2.31. The van der Waals surface area contributed by atoms with Gasteiger partial charge in [-0.25, -0.2) is 4.79 Å². The highest BCUT2D eigenvalue weighted by Crippen LogP contribution is 2.07. The van der Waals surface area contributed by atoms with Crippen molar-refractivity contribution in [2.75, 3.05) is 0 Å². The number of aromatic nitrogens is 6. The summed E-state index contributed by atoms with van der Waals surface area (Å²) in [6.07, 6.45) is 1.27. The Morgan fingerprint density at radius 2 is 1.96 bits per heavy atom. The van der Waals surface area contributed by atoms with E-state index in [1.54, 1.807) is 19.1 Å². The standard InChI is InChI=1S/C15H13N7O2/c1-2-20-9-11(8-16)14(23)21(15(20)24)10-13-17-18-19-22(13)12-6-4-3-5-7-12/h3-7,9H,2,10H2,1H3. The molecule has 0 atom stereocenters. The van der Waals surface area contributed by atoms with Gasteiger partial charge in [0.05, 0.1) is 12.2 Å². The first kappa shape index (κ1) is 15.4. The fourth-order valence-corrected chi connectivity index (χ4v) is 2.31. The van der Waals surface area contributed by atoms with Gasteiger partial charge in [-0.05, 0) is 29.5 Å². The van der Waals surface area contributed by atoms with E-state index in [1.165, 1.54) is 15.4 Å². The molecule has 120 valence electrons. The predicted octanol–water partition coefficient (Wildman–Crippen LogP) is -0.0744. The number of rotatable bonds is 4. The van der Waals surface area contributed by atoms with Gasteiger partial charge in [0.25, 0.3) is 5.56 Å². The Hall–Kier alpha value is -3.54. The Kier molecular flexibility index (Phi) is 4.03. The minimum absolute atomic E-state index is 0.102. The number of nitrogens with zero attached hydrogens (tertiary/aromatic N) is 7. The summed E-state index contributed by atoms with van der Waals surface area (Å²) in [5.41, 5.74) is -0.563. The maximum absolute atomic E-state index is 12.4. The quantitative estimate of drug-likeness (QED) is 0.664. The zero-order chi connectivity index (χ0) is 17.1. The molecule has 9 nitrogen and oxygen atoms in total. The van der Waals surface area contributed by atoms with Gasteiger partial charge in [-0.15, -0.1) is 5.10 Å². The molecular weight excluding hydrogens is 310 g/mol. The lowest BCUT2D eigenvalue weighted by Crippen LogP contribution is -2.41. The summed E-state index contributed by atoms with van der Waals surface area (Å²) < 4.78 is 3.71. The van der Waals surface area contributed by atoms with Crippen LogP contribution in [0.15, 0.2) is 46.1 Å². The third kappa shape index (κ3) is 2.61. The second kappa shape index (κ2) is 6.29.